The standard InChI is InChI=1S/C9H16OS/c1-5-8(10)6-7-11-9(2,3)4/h6-7H,5H2,1-4H3/b7-6-. The zero-order valence-electron chi connectivity index (χ0n) is 7.68. The van der Waals surface area contributed by atoms with E-state index >= 15 is 0 Å². The van der Waals surface area contributed by atoms with Gasteiger partial charge in [-0.25, -0.2) is 0 Å². The summed E-state index contributed by atoms with van der Waals surface area (Å²) in [6.45, 7) is 8.24. The Kier molecular flexibility index (Phi) is 4.50. The lowest BCUT2D eigenvalue weighted by atomic mass is 10.3. The van der Waals surface area contributed by atoms with Crippen LogP contribution in [0.25, 0.3) is 0 Å². The average molecular weight is 172 g/mol. The molecule has 0 heterocycles. The van der Waals surface area contributed by atoms with Crippen LogP contribution in [0.15, 0.2) is 11.5 Å². The Balaban J connectivity index is 3.70. The van der Waals surface area contributed by atoms with Gasteiger partial charge in [-0.15, -0.1) is 11.8 Å². The molecule has 0 atom stereocenters. The van der Waals surface area contributed by atoms with Gasteiger partial charge in [-0.05, 0) is 11.5 Å². The van der Waals surface area contributed by atoms with Crippen LogP contribution in [0.4, 0.5) is 0 Å². The second kappa shape index (κ2) is 4.60. The molecule has 0 N–H and O–H groups in total. The molecule has 0 saturated carbocycles. The fraction of sp³-hybridized carbons (Fsp3) is 0.667. The lowest BCUT2D eigenvalue weighted by molar-refractivity contribution is -0.114. The number of hydrogen-bond donors (Lipinski definition) is 0. The molecule has 2 heteroatoms. The van der Waals surface area contributed by atoms with Gasteiger partial charge in [0.25, 0.3) is 0 Å². The van der Waals surface area contributed by atoms with Crippen LogP contribution in [0.2, 0.25) is 0 Å². The Morgan fingerprint density at radius 1 is 1.45 bits per heavy atom. The first-order valence-electron chi connectivity index (χ1n) is 3.83. The largest absolute Gasteiger partial charge is 0.295 e. The zero-order chi connectivity index (χ0) is 8.91. The predicted octanol–water partition coefficient (Wildman–Crippen LogP) is 3.01. The first kappa shape index (κ1) is 10.8. The van der Waals surface area contributed by atoms with Gasteiger partial charge in [0.15, 0.2) is 5.78 Å². The normalized spacial score (nSPS) is 12.4. The minimum Gasteiger partial charge on any atom is -0.295 e. The Morgan fingerprint density at radius 2 is 2.00 bits per heavy atom. The van der Waals surface area contributed by atoms with E-state index in [0.29, 0.717) is 6.42 Å². The summed E-state index contributed by atoms with van der Waals surface area (Å²) in [5.41, 5.74) is 0. The number of thioether (sulfide) groups is 1. The van der Waals surface area contributed by atoms with Crippen molar-refractivity contribution in [1.82, 2.24) is 0 Å². The number of rotatable bonds is 3. The number of carbonyl (C=O) groups excluding carboxylic acids is 1. The minimum absolute atomic E-state index is 0.196. The van der Waals surface area contributed by atoms with Crippen LogP contribution in [0, 0.1) is 0 Å². The molecule has 0 unspecified atom stereocenters. The molecule has 0 radical (unpaired) electrons. The highest BCUT2D eigenvalue weighted by atomic mass is 32.2. The van der Waals surface area contributed by atoms with E-state index in [9.17, 15) is 4.79 Å². The van der Waals surface area contributed by atoms with Crippen LogP contribution in [0.5, 0.6) is 0 Å². The molecular weight excluding hydrogens is 156 g/mol. The molecule has 0 aromatic heterocycles. The molecule has 0 spiro atoms. The average Bonchev–Trinajstić information content (AvgIpc) is 1.85. The second-order valence-corrected chi connectivity index (χ2v) is 5.09. The fourth-order valence-electron chi connectivity index (χ4n) is 0.432. The third-order valence-electron chi connectivity index (χ3n) is 1.02. The fourth-order valence-corrected chi connectivity index (χ4v) is 1.06. The van der Waals surface area contributed by atoms with E-state index in [2.05, 4.69) is 20.8 Å². The zero-order valence-corrected chi connectivity index (χ0v) is 8.49. The van der Waals surface area contributed by atoms with Crippen molar-refractivity contribution in [2.75, 3.05) is 0 Å². The molecule has 1 nitrogen and oxygen atoms in total. The van der Waals surface area contributed by atoms with Crippen molar-refractivity contribution in [2.24, 2.45) is 0 Å². The number of hydrogen-bond acceptors (Lipinski definition) is 2. The highest BCUT2D eigenvalue weighted by Gasteiger charge is 2.07. The lowest BCUT2D eigenvalue weighted by Crippen LogP contribution is -2.04. The van der Waals surface area contributed by atoms with Crippen molar-refractivity contribution in [3.8, 4) is 0 Å². The SMILES string of the molecule is CCC(=O)/C=C\SC(C)(C)C. The van der Waals surface area contributed by atoms with Gasteiger partial charge < -0.3 is 0 Å². The molecule has 0 rings (SSSR count). The van der Waals surface area contributed by atoms with Gasteiger partial charge in [0.1, 0.15) is 0 Å². The summed E-state index contributed by atoms with van der Waals surface area (Å²) in [6.07, 6.45) is 2.25. The third kappa shape index (κ3) is 7.66. The maximum atomic E-state index is 10.8. The molecule has 11 heavy (non-hydrogen) atoms. The first-order chi connectivity index (χ1) is 4.95. The minimum atomic E-state index is 0.196. The Morgan fingerprint density at radius 3 is 2.36 bits per heavy atom. The molecule has 64 valence electrons. The van der Waals surface area contributed by atoms with Crippen molar-refractivity contribution in [2.45, 2.75) is 38.9 Å². The summed E-state index contributed by atoms with van der Waals surface area (Å²) in [4.78, 5) is 10.8. The maximum absolute atomic E-state index is 10.8. The number of ketones is 1. The van der Waals surface area contributed by atoms with Gasteiger partial charge in [-0.3, -0.25) is 4.79 Å². The van der Waals surface area contributed by atoms with E-state index in [0.717, 1.165) is 0 Å². The van der Waals surface area contributed by atoms with Gasteiger partial charge in [0.2, 0.25) is 0 Å². The van der Waals surface area contributed by atoms with E-state index in [1.807, 2.05) is 12.3 Å². The van der Waals surface area contributed by atoms with E-state index in [1.54, 1.807) is 17.8 Å². The lowest BCUT2D eigenvalue weighted by Gasteiger charge is -2.13. The number of carbonyl (C=O) groups is 1. The van der Waals surface area contributed by atoms with Crippen molar-refractivity contribution in [1.29, 1.82) is 0 Å². The van der Waals surface area contributed by atoms with Crippen LogP contribution in [0.1, 0.15) is 34.1 Å². The van der Waals surface area contributed by atoms with Crippen molar-refractivity contribution in [3.63, 3.8) is 0 Å². The topological polar surface area (TPSA) is 17.1 Å². The molecule has 0 amide bonds. The van der Waals surface area contributed by atoms with E-state index in [4.69, 9.17) is 0 Å². The van der Waals surface area contributed by atoms with Crippen LogP contribution in [0.3, 0.4) is 0 Å². The first-order valence-corrected chi connectivity index (χ1v) is 4.71. The van der Waals surface area contributed by atoms with Gasteiger partial charge in [-0.2, -0.15) is 0 Å². The predicted molar refractivity (Wildman–Crippen MR) is 51.8 cm³/mol. The monoisotopic (exact) mass is 172 g/mol. The smallest absolute Gasteiger partial charge is 0.155 e. The third-order valence-corrected chi connectivity index (χ3v) is 2.00. The molecule has 0 aromatic rings. The summed E-state index contributed by atoms with van der Waals surface area (Å²) in [5.74, 6) is 0.196. The van der Waals surface area contributed by atoms with Gasteiger partial charge in [-0.1, -0.05) is 27.7 Å². The van der Waals surface area contributed by atoms with Gasteiger partial charge >= 0.3 is 0 Å². The quantitative estimate of drug-likeness (QED) is 0.609. The highest BCUT2D eigenvalue weighted by Crippen LogP contribution is 2.23. The summed E-state index contributed by atoms with van der Waals surface area (Å²) in [6, 6.07) is 0. The highest BCUT2D eigenvalue weighted by molar-refractivity contribution is 8.03. The van der Waals surface area contributed by atoms with Crippen LogP contribution in [-0.2, 0) is 4.79 Å². The summed E-state index contributed by atoms with van der Waals surface area (Å²) >= 11 is 1.68. The van der Waals surface area contributed by atoms with Gasteiger partial charge in [0, 0.05) is 11.2 Å². The van der Waals surface area contributed by atoms with Crippen LogP contribution < -0.4 is 0 Å². The summed E-state index contributed by atoms with van der Waals surface area (Å²) in [7, 11) is 0. The summed E-state index contributed by atoms with van der Waals surface area (Å²) in [5, 5.41) is 1.88. The maximum Gasteiger partial charge on any atom is 0.155 e. The van der Waals surface area contributed by atoms with Gasteiger partial charge in [0.05, 0.1) is 0 Å². The van der Waals surface area contributed by atoms with E-state index in [-0.39, 0.29) is 10.5 Å². The molecule has 0 fully saturated rings. The Labute approximate surface area is 73.3 Å². The molecule has 0 aromatic carbocycles. The molecule has 0 aliphatic heterocycles. The summed E-state index contributed by atoms with van der Waals surface area (Å²) < 4.78 is 0.213. The van der Waals surface area contributed by atoms with Crippen LogP contribution in [-0.4, -0.2) is 10.5 Å². The van der Waals surface area contributed by atoms with Crippen molar-refractivity contribution >= 4 is 17.5 Å². The Hall–Kier alpha value is -0.240. The van der Waals surface area contributed by atoms with E-state index < -0.39 is 0 Å². The molecule has 0 aliphatic carbocycles. The molecular formula is C9H16OS. The number of allylic oxidation sites excluding steroid dienone is 1. The Bertz CT molecular complexity index is 153. The molecule has 0 aliphatic rings. The molecule has 0 saturated heterocycles. The van der Waals surface area contributed by atoms with Crippen LogP contribution >= 0.6 is 11.8 Å². The van der Waals surface area contributed by atoms with Crippen molar-refractivity contribution < 1.29 is 4.79 Å². The second-order valence-electron chi connectivity index (χ2n) is 3.35. The van der Waals surface area contributed by atoms with E-state index in [1.165, 1.54) is 0 Å². The molecule has 0 bridgehead atoms. The van der Waals surface area contributed by atoms with Crippen molar-refractivity contribution in [3.05, 3.63) is 11.5 Å².